The molecule has 1 unspecified atom stereocenters. The summed E-state index contributed by atoms with van der Waals surface area (Å²) in [5.41, 5.74) is 13.0. The lowest BCUT2D eigenvalue weighted by atomic mass is 9.93. The summed E-state index contributed by atoms with van der Waals surface area (Å²) >= 11 is 0. The molecule has 1 aliphatic heterocycles. The molecule has 3 heteroatoms. The maximum absolute atomic E-state index is 6.07. The Morgan fingerprint density at radius 3 is 2.50 bits per heavy atom. The molecule has 1 rings (SSSR count). The van der Waals surface area contributed by atoms with Crippen LogP contribution in [0, 0.1) is 5.92 Å². The summed E-state index contributed by atoms with van der Waals surface area (Å²) in [5, 5.41) is 3.19. The van der Waals surface area contributed by atoms with Crippen LogP contribution in [0.3, 0.4) is 0 Å². The fourth-order valence-electron chi connectivity index (χ4n) is 1.13. The molecule has 1 aliphatic rings. The number of hydrogen-bond donors (Lipinski definition) is 3. The van der Waals surface area contributed by atoms with E-state index in [-0.39, 0.29) is 0 Å². The number of allylic oxidation sites excluding steroid dienone is 2. The van der Waals surface area contributed by atoms with Gasteiger partial charge in [-0.25, -0.2) is 0 Å². The van der Waals surface area contributed by atoms with Crippen LogP contribution in [0.25, 0.3) is 0 Å². The van der Waals surface area contributed by atoms with E-state index in [9.17, 15) is 0 Å². The number of nitrogens with two attached hydrogens (primary N) is 2. The second kappa shape index (κ2) is 2.83. The Labute approximate surface area is 73.5 Å². The molecule has 0 saturated heterocycles. The van der Waals surface area contributed by atoms with Crippen molar-refractivity contribution in [2.45, 2.75) is 26.4 Å². The van der Waals surface area contributed by atoms with Gasteiger partial charge in [-0.3, -0.25) is 0 Å². The van der Waals surface area contributed by atoms with Gasteiger partial charge in [0, 0.05) is 5.70 Å². The molecule has 0 aromatic heterocycles. The van der Waals surface area contributed by atoms with E-state index in [1.54, 1.807) is 0 Å². The van der Waals surface area contributed by atoms with E-state index in [0.717, 1.165) is 11.4 Å². The van der Waals surface area contributed by atoms with Crippen molar-refractivity contribution in [3.05, 3.63) is 23.5 Å². The van der Waals surface area contributed by atoms with Crippen LogP contribution >= 0.6 is 0 Å². The van der Waals surface area contributed by atoms with Crippen LogP contribution in [-0.2, 0) is 0 Å². The van der Waals surface area contributed by atoms with Crippen molar-refractivity contribution in [3.8, 4) is 0 Å². The van der Waals surface area contributed by atoms with Crippen molar-refractivity contribution in [2.24, 2.45) is 17.4 Å². The van der Waals surface area contributed by atoms with Crippen LogP contribution in [-0.4, -0.2) is 5.66 Å². The quantitative estimate of drug-likeness (QED) is 0.537. The van der Waals surface area contributed by atoms with Crippen molar-refractivity contribution in [2.75, 3.05) is 0 Å². The standard InChI is InChI=1S/C9H17N3/c1-6(2)9(11)5-4-8(10)7(3)12-9/h4-6,12H,10-11H2,1-3H3. The van der Waals surface area contributed by atoms with Gasteiger partial charge in [-0.1, -0.05) is 13.8 Å². The number of dihydropyridines is 1. The number of nitrogens with one attached hydrogen (secondary N) is 1. The minimum Gasteiger partial charge on any atom is -0.397 e. The van der Waals surface area contributed by atoms with Gasteiger partial charge in [0.15, 0.2) is 0 Å². The summed E-state index contributed by atoms with van der Waals surface area (Å²) in [6, 6.07) is 0. The highest BCUT2D eigenvalue weighted by Gasteiger charge is 2.28. The first kappa shape index (κ1) is 9.13. The second-order valence-corrected chi connectivity index (χ2v) is 3.63. The largest absolute Gasteiger partial charge is 0.397 e. The third-order valence-corrected chi connectivity index (χ3v) is 2.33. The van der Waals surface area contributed by atoms with Crippen LogP contribution in [0.2, 0.25) is 0 Å². The van der Waals surface area contributed by atoms with Gasteiger partial charge in [0.1, 0.15) is 5.66 Å². The van der Waals surface area contributed by atoms with Gasteiger partial charge in [0.2, 0.25) is 0 Å². The van der Waals surface area contributed by atoms with E-state index < -0.39 is 5.66 Å². The first-order valence-corrected chi connectivity index (χ1v) is 4.18. The Balaban J connectivity index is 2.87. The summed E-state index contributed by atoms with van der Waals surface area (Å²) in [6.07, 6.45) is 3.78. The van der Waals surface area contributed by atoms with Gasteiger partial charge in [-0.15, -0.1) is 0 Å². The Morgan fingerprint density at radius 1 is 1.50 bits per heavy atom. The van der Waals surface area contributed by atoms with E-state index in [1.807, 2.05) is 19.1 Å². The van der Waals surface area contributed by atoms with Crippen molar-refractivity contribution in [1.29, 1.82) is 0 Å². The van der Waals surface area contributed by atoms with E-state index in [0.29, 0.717) is 5.92 Å². The predicted octanol–water partition coefficient (Wildman–Crippen LogP) is 0.647. The Bertz CT molecular complexity index is 240. The Morgan fingerprint density at radius 2 is 2.08 bits per heavy atom. The zero-order valence-corrected chi connectivity index (χ0v) is 7.89. The number of rotatable bonds is 1. The van der Waals surface area contributed by atoms with Crippen LogP contribution in [0.5, 0.6) is 0 Å². The molecule has 0 aromatic carbocycles. The fourth-order valence-corrected chi connectivity index (χ4v) is 1.13. The molecule has 5 N–H and O–H groups in total. The molecule has 68 valence electrons. The highest BCUT2D eigenvalue weighted by atomic mass is 15.1. The van der Waals surface area contributed by atoms with Crippen LogP contribution in [0.1, 0.15) is 20.8 Å². The summed E-state index contributed by atoms with van der Waals surface area (Å²) in [6.45, 7) is 6.08. The molecule has 0 spiro atoms. The zero-order valence-electron chi connectivity index (χ0n) is 7.89. The number of hydrogen-bond acceptors (Lipinski definition) is 3. The van der Waals surface area contributed by atoms with Crippen LogP contribution in [0.4, 0.5) is 0 Å². The van der Waals surface area contributed by atoms with Crippen molar-refractivity contribution in [3.63, 3.8) is 0 Å². The van der Waals surface area contributed by atoms with E-state index in [1.165, 1.54) is 0 Å². The molecule has 0 amide bonds. The van der Waals surface area contributed by atoms with Gasteiger partial charge in [-0.2, -0.15) is 0 Å². The van der Waals surface area contributed by atoms with E-state index in [2.05, 4.69) is 19.2 Å². The van der Waals surface area contributed by atoms with Gasteiger partial charge >= 0.3 is 0 Å². The monoisotopic (exact) mass is 167 g/mol. The maximum atomic E-state index is 6.07. The third kappa shape index (κ3) is 1.46. The maximum Gasteiger partial charge on any atom is 0.107 e. The molecular formula is C9H17N3. The topological polar surface area (TPSA) is 64.1 Å². The summed E-state index contributed by atoms with van der Waals surface area (Å²) in [5.74, 6) is 0.344. The normalized spacial score (nSPS) is 29.4. The molecule has 0 radical (unpaired) electrons. The van der Waals surface area contributed by atoms with Crippen molar-refractivity contribution >= 4 is 0 Å². The predicted molar refractivity (Wildman–Crippen MR) is 50.9 cm³/mol. The van der Waals surface area contributed by atoms with Crippen LogP contribution < -0.4 is 16.8 Å². The summed E-state index contributed by atoms with van der Waals surface area (Å²) in [7, 11) is 0. The minimum absolute atomic E-state index is 0.344. The molecule has 0 saturated carbocycles. The van der Waals surface area contributed by atoms with Crippen molar-refractivity contribution in [1.82, 2.24) is 5.32 Å². The smallest absolute Gasteiger partial charge is 0.107 e. The molecule has 0 aromatic rings. The van der Waals surface area contributed by atoms with E-state index >= 15 is 0 Å². The fraction of sp³-hybridized carbons (Fsp3) is 0.556. The molecule has 0 aliphatic carbocycles. The summed E-state index contributed by atoms with van der Waals surface area (Å²) in [4.78, 5) is 0. The molecule has 1 heterocycles. The minimum atomic E-state index is -0.438. The van der Waals surface area contributed by atoms with Gasteiger partial charge in [0.05, 0.1) is 5.70 Å². The Kier molecular flexibility index (Phi) is 2.15. The van der Waals surface area contributed by atoms with Crippen LogP contribution in [0.15, 0.2) is 23.5 Å². The lowest BCUT2D eigenvalue weighted by Crippen LogP contribution is -2.56. The molecule has 1 atom stereocenters. The molecule has 3 nitrogen and oxygen atoms in total. The lowest BCUT2D eigenvalue weighted by molar-refractivity contribution is 0.331. The van der Waals surface area contributed by atoms with Gasteiger partial charge < -0.3 is 16.8 Å². The first-order chi connectivity index (χ1) is 5.46. The third-order valence-electron chi connectivity index (χ3n) is 2.33. The SMILES string of the molecule is CC1=C(N)C=CC(N)(C(C)C)N1. The van der Waals surface area contributed by atoms with E-state index in [4.69, 9.17) is 11.5 Å². The Hall–Kier alpha value is -0.960. The average molecular weight is 167 g/mol. The second-order valence-electron chi connectivity index (χ2n) is 3.63. The van der Waals surface area contributed by atoms with Gasteiger partial charge in [-0.05, 0) is 25.0 Å². The van der Waals surface area contributed by atoms with Crippen molar-refractivity contribution < 1.29 is 0 Å². The molecule has 0 fully saturated rings. The lowest BCUT2D eigenvalue weighted by Gasteiger charge is -2.35. The first-order valence-electron chi connectivity index (χ1n) is 4.18. The summed E-state index contributed by atoms with van der Waals surface area (Å²) < 4.78 is 0. The van der Waals surface area contributed by atoms with Gasteiger partial charge in [0.25, 0.3) is 0 Å². The molecular weight excluding hydrogens is 150 g/mol. The average Bonchev–Trinajstić information content (AvgIpc) is 1.97. The molecule has 12 heavy (non-hydrogen) atoms. The highest BCUT2D eigenvalue weighted by molar-refractivity contribution is 5.30. The zero-order chi connectivity index (χ0) is 9.35. The highest BCUT2D eigenvalue weighted by Crippen LogP contribution is 2.19. The molecule has 0 bridgehead atoms.